The summed E-state index contributed by atoms with van der Waals surface area (Å²) in [6, 6.07) is 14.7. The van der Waals surface area contributed by atoms with Crippen molar-refractivity contribution in [2.24, 2.45) is 0 Å². The molecule has 0 spiro atoms. The van der Waals surface area contributed by atoms with Crippen molar-refractivity contribution in [1.29, 1.82) is 0 Å². The number of aryl methyl sites for hydroxylation is 2. The Kier molecular flexibility index (Phi) is 3.79. The number of aromatic nitrogens is 1. The Labute approximate surface area is 115 Å². The minimum Gasteiger partial charge on any atom is -0.328 e. The predicted molar refractivity (Wildman–Crippen MR) is 77.5 cm³/mol. The van der Waals surface area contributed by atoms with Crippen LogP contribution in [-0.4, -0.2) is 15.3 Å². The van der Waals surface area contributed by atoms with E-state index in [1.54, 1.807) is 0 Å². The van der Waals surface area contributed by atoms with Crippen LogP contribution < -0.4 is 0 Å². The predicted octanol–water partition coefficient (Wildman–Crippen LogP) is 3.66. The molecule has 0 unspecified atom stereocenters. The molecule has 0 atom stereocenters. The standard InChI is InChI=1S/C15H13N.HNO3/c1-10-7-8-15-13(11(10)2)9-12-5-3-4-6-14(12)16-15;2-1(3)4/h3-9H,1-2H3;(H,2,3,4). The Morgan fingerprint density at radius 3 is 2.45 bits per heavy atom. The van der Waals surface area contributed by atoms with E-state index in [1.807, 2.05) is 6.07 Å². The van der Waals surface area contributed by atoms with Gasteiger partial charge in [-0.2, -0.15) is 0 Å². The van der Waals surface area contributed by atoms with Gasteiger partial charge < -0.3 is 5.21 Å². The summed E-state index contributed by atoms with van der Waals surface area (Å²) in [7, 11) is 0. The average molecular weight is 270 g/mol. The molecule has 0 saturated carbocycles. The fourth-order valence-electron chi connectivity index (χ4n) is 2.10. The van der Waals surface area contributed by atoms with Crippen molar-refractivity contribution in [3.05, 3.63) is 63.7 Å². The molecule has 0 radical (unpaired) electrons. The van der Waals surface area contributed by atoms with Crippen LogP contribution in [0, 0.1) is 24.0 Å². The molecule has 1 aromatic heterocycles. The SMILES string of the molecule is Cc1ccc2nc3ccccc3cc2c1C.O=[N+]([O-])O. The topological polar surface area (TPSA) is 76.3 Å². The highest BCUT2D eigenvalue weighted by molar-refractivity contribution is 5.94. The average Bonchev–Trinajstić information content (AvgIpc) is 2.41. The zero-order valence-electron chi connectivity index (χ0n) is 11.2. The second-order valence-corrected chi connectivity index (χ2v) is 4.49. The Morgan fingerprint density at radius 1 is 1.10 bits per heavy atom. The fourth-order valence-corrected chi connectivity index (χ4v) is 2.10. The summed E-state index contributed by atoms with van der Waals surface area (Å²) in [6.07, 6.45) is 0. The van der Waals surface area contributed by atoms with E-state index < -0.39 is 5.09 Å². The smallest absolute Gasteiger partial charge is 0.291 e. The second-order valence-electron chi connectivity index (χ2n) is 4.49. The van der Waals surface area contributed by atoms with Crippen LogP contribution in [0.5, 0.6) is 0 Å². The monoisotopic (exact) mass is 270 g/mol. The normalized spacial score (nSPS) is 10.1. The lowest BCUT2D eigenvalue weighted by molar-refractivity contribution is -0.742. The molecule has 1 N–H and O–H groups in total. The molecule has 20 heavy (non-hydrogen) atoms. The highest BCUT2D eigenvalue weighted by atomic mass is 16.9. The third-order valence-corrected chi connectivity index (χ3v) is 3.24. The molecule has 0 aliphatic rings. The maximum absolute atomic E-state index is 8.36. The zero-order valence-corrected chi connectivity index (χ0v) is 11.2. The van der Waals surface area contributed by atoms with Gasteiger partial charge in [0.15, 0.2) is 0 Å². The maximum atomic E-state index is 8.36. The van der Waals surface area contributed by atoms with E-state index >= 15 is 0 Å². The maximum Gasteiger partial charge on any atom is 0.291 e. The number of rotatable bonds is 0. The first kappa shape index (κ1) is 13.7. The molecule has 102 valence electrons. The van der Waals surface area contributed by atoms with Crippen LogP contribution in [0.15, 0.2) is 42.5 Å². The number of hydrogen-bond acceptors (Lipinski definition) is 3. The Balaban J connectivity index is 0.000000328. The number of hydrogen-bond donors (Lipinski definition) is 1. The highest BCUT2D eigenvalue weighted by Crippen LogP contribution is 2.24. The third-order valence-electron chi connectivity index (χ3n) is 3.24. The second kappa shape index (κ2) is 5.52. The molecule has 3 aromatic rings. The minimum absolute atomic E-state index is 1.07. The molecule has 0 bridgehead atoms. The summed E-state index contributed by atoms with van der Waals surface area (Å²) in [4.78, 5) is 13.0. The van der Waals surface area contributed by atoms with Crippen LogP contribution in [0.3, 0.4) is 0 Å². The van der Waals surface area contributed by atoms with Crippen LogP contribution in [0.25, 0.3) is 21.8 Å². The van der Waals surface area contributed by atoms with Crippen molar-refractivity contribution in [1.82, 2.24) is 4.98 Å². The Morgan fingerprint density at radius 2 is 1.75 bits per heavy atom. The fraction of sp³-hybridized carbons (Fsp3) is 0.133. The van der Waals surface area contributed by atoms with Crippen LogP contribution in [0.2, 0.25) is 0 Å². The van der Waals surface area contributed by atoms with Crippen molar-refractivity contribution >= 4 is 21.8 Å². The molecule has 0 fully saturated rings. The lowest BCUT2D eigenvalue weighted by Crippen LogP contribution is -1.87. The number of para-hydroxylation sites is 1. The van der Waals surface area contributed by atoms with E-state index in [4.69, 9.17) is 15.3 Å². The van der Waals surface area contributed by atoms with Crippen molar-refractivity contribution in [2.45, 2.75) is 13.8 Å². The van der Waals surface area contributed by atoms with E-state index in [-0.39, 0.29) is 0 Å². The van der Waals surface area contributed by atoms with Gasteiger partial charge in [-0.3, -0.25) is 0 Å². The van der Waals surface area contributed by atoms with Gasteiger partial charge in [0.1, 0.15) is 0 Å². The van der Waals surface area contributed by atoms with Crippen molar-refractivity contribution in [3.63, 3.8) is 0 Å². The number of fused-ring (bicyclic) bond motifs is 2. The first-order valence-corrected chi connectivity index (χ1v) is 6.08. The van der Waals surface area contributed by atoms with Gasteiger partial charge in [-0.15, -0.1) is 10.1 Å². The summed E-state index contributed by atoms with van der Waals surface area (Å²) in [5.74, 6) is 0. The number of nitrogens with zero attached hydrogens (tertiary/aromatic N) is 2. The van der Waals surface area contributed by atoms with E-state index in [0.717, 1.165) is 11.0 Å². The summed E-state index contributed by atoms with van der Waals surface area (Å²) in [6.45, 7) is 4.30. The van der Waals surface area contributed by atoms with Gasteiger partial charge >= 0.3 is 0 Å². The molecule has 5 nitrogen and oxygen atoms in total. The lowest BCUT2D eigenvalue weighted by atomic mass is 10.0. The molecular formula is C15H14N2O3. The number of benzene rings is 2. The van der Waals surface area contributed by atoms with E-state index in [2.05, 4.69) is 55.2 Å². The molecule has 0 aliphatic heterocycles. The molecule has 0 aliphatic carbocycles. The minimum atomic E-state index is -1.50. The first-order chi connectivity index (χ1) is 9.49. The summed E-state index contributed by atoms with van der Waals surface area (Å²) < 4.78 is 0. The van der Waals surface area contributed by atoms with E-state index in [9.17, 15) is 0 Å². The van der Waals surface area contributed by atoms with Crippen LogP contribution in [0.1, 0.15) is 11.1 Å². The third kappa shape index (κ3) is 2.83. The number of pyridine rings is 1. The lowest BCUT2D eigenvalue weighted by Gasteiger charge is -2.06. The van der Waals surface area contributed by atoms with Gasteiger partial charge in [-0.25, -0.2) is 4.98 Å². The van der Waals surface area contributed by atoms with E-state index in [1.165, 1.54) is 21.9 Å². The first-order valence-electron chi connectivity index (χ1n) is 6.08. The Hall–Kier alpha value is -2.69. The van der Waals surface area contributed by atoms with Crippen LogP contribution >= 0.6 is 0 Å². The van der Waals surface area contributed by atoms with Crippen molar-refractivity contribution in [3.8, 4) is 0 Å². The summed E-state index contributed by atoms with van der Waals surface area (Å²) in [5.41, 5.74) is 4.81. The molecule has 5 heteroatoms. The van der Waals surface area contributed by atoms with E-state index in [0.29, 0.717) is 0 Å². The highest BCUT2D eigenvalue weighted by Gasteiger charge is 2.03. The molecule has 0 saturated heterocycles. The summed E-state index contributed by atoms with van der Waals surface area (Å²) >= 11 is 0. The van der Waals surface area contributed by atoms with Gasteiger partial charge in [-0.05, 0) is 43.2 Å². The largest absolute Gasteiger partial charge is 0.328 e. The molecule has 3 rings (SSSR count). The van der Waals surface area contributed by atoms with Crippen LogP contribution in [-0.2, 0) is 0 Å². The molecular weight excluding hydrogens is 256 g/mol. The van der Waals surface area contributed by atoms with Gasteiger partial charge in [0.2, 0.25) is 0 Å². The molecule has 2 aromatic carbocycles. The molecule has 1 heterocycles. The Bertz CT molecular complexity index is 781. The van der Waals surface area contributed by atoms with Crippen molar-refractivity contribution < 1.29 is 10.3 Å². The zero-order chi connectivity index (χ0) is 14.7. The van der Waals surface area contributed by atoms with Gasteiger partial charge in [0, 0.05) is 10.8 Å². The summed E-state index contributed by atoms with van der Waals surface area (Å²) in [5, 5.41) is 16.1. The van der Waals surface area contributed by atoms with Gasteiger partial charge in [-0.1, -0.05) is 24.3 Å². The molecule has 0 amide bonds. The van der Waals surface area contributed by atoms with Crippen molar-refractivity contribution in [2.75, 3.05) is 0 Å². The van der Waals surface area contributed by atoms with Gasteiger partial charge in [0.25, 0.3) is 5.09 Å². The van der Waals surface area contributed by atoms with Crippen LogP contribution in [0.4, 0.5) is 0 Å². The van der Waals surface area contributed by atoms with Gasteiger partial charge in [0.05, 0.1) is 11.0 Å². The quantitative estimate of drug-likeness (QED) is 0.384.